The number of hydrogen-bond donors (Lipinski definition) is 0. The normalized spacial score (nSPS) is 15.8. The zero-order valence-electron chi connectivity index (χ0n) is 13.4. The minimum absolute atomic E-state index is 0.0762. The summed E-state index contributed by atoms with van der Waals surface area (Å²) in [4.78, 5) is 28.5. The average molecular weight is 315 g/mol. The molecule has 1 aromatic rings. The van der Waals surface area contributed by atoms with Gasteiger partial charge in [-0.3, -0.25) is 4.79 Å². The van der Waals surface area contributed by atoms with E-state index in [1.54, 1.807) is 32.1 Å². The van der Waals surface area contributed by atoms with Crippen LogP contribution in [0, 0.1) is 0 Å². The molecule has 0 spiro atoms. The second-order valence-corrected chi connectivity index (χ2v) is 4.94. The van der Waals surface area contributed by atoms with Crippen molar-refractivity contribution in [2.24, 2.45) is 5.16 Å². The lowest BCUT2D eigenvalue weighted by Crippen LogP contribution is -2.11. The summed E-state index contributed by atoms with van der Waals surface area (Å²) in [5, 5.41) is 3.82. The highest BCUT2D eigenvalue weighted by Gasteiger charge is 2.15. The number of ketones is 1. The number of nitrogens with zero attached hydrogens (tertiary/aromatic N) is 1. The Balaban J connectivity index is 2.18. The van der Waals surface area contributed by atoms with Crippen molar-refractivity contribution in [1.29, 1.82) is 0 Å². The van der Waals surface area contributed by atoms with Gasteiger partial charge in [0.1, 0.15) is 5.71 Å². The number of rotatable bonds is 4. The van der Waals surface area contributed by atoms with Crippen molar-refractivity contribution in [1.82, 2.24) is 0 Å². The molecule has 0 bridgehead atoms. The predicted octanol–water partition coefficient (Wildman–Crippen LogP) is 2.69. The number of carbonyl (C=O) groups excluding carboxylic acids is 2. The molecule has 120 valence electrons. The number of ether oxygens (including phenoxy) is 2. The Bertz CT molecular complexity index is 743. The van der Waals surface area contributed by atoms with Crippen LogP contribution in [0.5, 0.6) is 11.5 Å². The highest BCUT2D eigenvalue weighted by molar-refractivity contribution is 6.21. The van der Waals surface area contributed by atoms with Gasteiger partial charge < -0.3 is 14.3 Å². The van der Waals surface area contributed by atoms with Crippen LogP contribution in [-0.4, -0.2) is 31.7 Å². The van der Waals surface area contributed by atoms with Crippen molar-refractivity contribution in [3.63, 3.8) is 0 Å². The summed E-state index contributed by atoms with van der Waals surface area (Å²) >= 11 is 0. The first-order valence-corrected chi connectivity index (χ1v) is 6.89. The van der Waals surface area contributed by atoms with Gasteiger partial charge in [-0.15, -0.1) is 0 Å². The van der Waals surface area contributed by atoms with E-state index in [4.69, 9.17) is 14.3 Å². The molecule has 1 aromatic carbocycles. The highest BCUT2D eigenvalue weighted by Crippen LogP contribution is 2.27. The van der Waals surface area contributed by atoms with Crippen LogP contribution in [0.2, 0.25) is 0 Å². The molecule has 23 heavy (non-hydrogen) atoms. The molecule has 0 radical (unpaired) electrons. The van der Waals surface area contributed by atoms with E-state index >= 15 is 0 Å². The minimum atomic E-state index is -0.630. The van der Waals surface area contributed by atoms with E-state index in [0.29, 0.717) is 28.4 Å². The first kappa shape index (κ1) is 16.5. The van der Waals surface area contributed by atoms with Crippen LogP contribution < -0.4 is 9.47 Å². The summed E-state index contributed by atoms with van der Waals surface area (Å²) in [7, 11) is 2.99. The Hall–Kier alpha value is -2.89. The second kappa shape index (κ2) is 6.91. The van der Waals surface area contributed by atoms with E-state index in [-0.39, 0.29) is 11.3 Å². The summed E-state index contributed by atoms with van der Waals surface area (Å²) < 4.78 is 10.2. The molecule has 0 fully saturated rings. The van der Waals surface area contributed by atoms with Crippen LogP contribution in [0.1, 0.15) is 24.2 Å². The fourth-order valence-electron chi connectivity index (χ4n) is 1.98. The number of oxime groups is 1. The first-order chi connectivity index (χ1) is 11.0. The molecule has 0 saturated heterocycles. The molecule has 0 unspecified atom stereocenters. The molecule has 6 nitrogen and oxygen atoms in total. The van der Waals surface area contributed by atoms with Gasteiger partial charge in [-0.2, -0.15) is 0 Å². The van der Waals surface area contributed by atoms with E-state index < -0.39 is 5.97 Å². The maximum Gasteiger partial charge on any atom is 0.365 e. The highest BCUT2D eigenvalue weighted by atomic mass is 16.7. The third-order valence-corrected chi connectivity index (χ3v) is 3.34. The van der Waals surface area contributed by atoms with Crippen LogP contribution >= 0.6 is 0 Å². The molecule has 0 aliphatic heterocycles. The largest absolute Gasteiger partial charge is 0.493 e. The van der Waals surface area contributed by atoms with Crippen LogP contribution in [0.15, 0.2) is 46.7 Å². The summed E-state index contributed by atoms with van der Waals surface area (Å²) in [6.07, 6.45) is 3.04. The van der Waals surface area contributed by atoms with Gasteiger partial charge in [0.15, 0.2) is 17.3 Å². The Morgan fingerprint density at radius 1 is 1.00 bits per heavy atom. The molecule has 0 aromatic heterocycles. The van der Waals surface area contributed by atoms with Crippen LogP contribution in [0.3, 0.4) is 0 Å². The lowest BCUT2D eigenvalue weighted by Gasteiger charge is -2.10. The average Bonchev–Trinajstić information content (AvgIpc) is 2.55. The third-order valence-electron chi connectivity index (χ3n) is 3.34. The third kappa shape index (κ3) is 3.66. The minimum Gasteiger partial charge on any atom is -0.493 e. The van der Waals surface area contributed by atoms with Gasteiger partial charge in [0.25, 0.3) is 0 Å². The maximum atomic E-state index is 12.1. The SMILES string of the molecule is COc1ccc(C(=O)O/N=C2\C=C(C)C(=O)C=C2C)cc1OC. The summed E-state index contributed by atoms with van der Waals surface area (Å²) in [5.74, 6) is 0.227. The zero-order chi connectivity index (χ0) is 17.0. The van der Waals surface area contributed by atoms with Gasteiger partial charge in [0.05, 0.1) is 19.8 Å². The quantitative estimate of drug-likeness (QED) is 0.485. The van der Waals surface area contributed by atoms with Crippen molar-refractivity contribution in [2.45, 2.75) is 13.8 Å². The Kier molecular flexibility index (Phi) is 4.95. The fraction of sp³-hybridized carbons (Fsp3) is 0.235. The van der Waals surface area contributed by atoms with Gasteiger partial charge in [0, 0.05) is 0 Å². The molecule has 6 heteroatoms. The van der Waals surface area contributed by atoms with Gasteiger partial charge in [0.2, 0.25) is 0 Å². The van der Waals surface area contributed by atoms with E-state index in [0.717, 1.165) is 0 Å². The summed E-state index contributed by atoms with van der Waals surface area (Å²) in [6, 6.07) is 4.67. The van der Waals surface area contributed by atoms with E-state index in [1.165, 1.54) is 26.4 Å². The van der Waals surface area contributed by atoms with Crippen molar-refractivity contribution in [3.8, 4) is 11.5 Å². The van der Waals surface area contributed by atoms with Crippen LogP contribution in [0.25, 0.3) is 0 Å². The standard InChI is InChI=1S/C17H17NO5/c1-10-8-14(19)11(2)7-13(10)18-23-17(20)12-5-6-15(21-3)16(9-12)22-4/h5-9H,1-4H3/b18-13+. The molecule has 1 aliphatic carbocycles. The van der Waals surface area contributed by atoms with Crippen LogP contribution in [0.4, 0.5) is 0 Å². The van der Waals surface area contributed by atoms with Crippen molar-refractivity contribution in [3.05, 3.63) is 47.1 Å². The van der Waals surface area contributed by atoms with Gasteiger partial charge in [-0.1, -0.05) is 5.16 Å². The monoisotopic (exact) mass is 315 g/mol. The molecule has 1 aliphatic rings. The number of carbonyl (C=O) groups is 2. The predicted molar refractivity (Wildman–Crippen MR) is 84.9 cm³/mol. The van der Waals surface area contributed by atoms with E-state index in [2.05, 4.69) is 5.16 Å². The maximum absolute atomic E-state index is 12.1. The molecule has 0 amide bonds. The lowest BCUT2D eigenvalue weighted by atomic mass is 9.99. The Morgan fingerprint density at radius 2 is 1.70 bits per heavy atom. The van der Waals surface area contributed by atoms with E-state index in [9.17, 15) is 9.59 Å². The van der Waals surface area contributed by atoms with Crippen molar-refractivity contribution in [2.75, 3.05) is 14.2 Å². The molecule has 2 rings (SSSR count). The fourth-order valence-corrected chi connectivity index (χ4v) is 1.98. The topological polar surface area (TPSA) is 74.2 Å². The van der Waals surface area contributed by atoms with Crippen LogP contribution in [-0.2, 0) is 9.63 Å². The Morgan fingerprint density at radius 3 is 2.35 bits per heavy atom. The number of hydrogen-bond acceptors (Lipinski definition) is 6. The molecule has 0 heterocycles. The smallest absolute Gasteiger partial charge is 0.365 e. The van der Waals surface area contributed by atoms with Gasteiger partial charge in [-0.05, 0) is 55.3 Å². The van der Waals surface area contributed by atoms with Crippen molar-refractivity contribution < 1.29 is 23.9 Å². The number of allylic oxidation sites excluding steroid dienone is 4. The van der Waals surface area contributed by atoms with Gasteiger partial charge in [-0.25, -0.2) is 4.79 Å². The molecule has 0 N–H and O–H groups in total. The molecule has 0 atom stereocenters. The Labute approximate surface area is 134 Å². The van der Waals surface area contributed by atoms with E-state index in [1.807, 2.05) is 0 Å². The molecular formula is C17H17NO5. The van der Waals surface area contributed by atoms with Gasteiger partial charge >= 0.3 is 5.97 Å². The molecule has 0 saturated carbocycles. The summed E-state index contributed by atoms with van der Waals surface area (Å²) in [5.41, 5.74) is 1.90. The number of benzene rings is 1. The second-order valence-electron chi connectivity index (χ2n) is 4.94. The molecular weight excluding hydrogens is 298 g/mol. The number of methoxy groups -OCH3 is 2. The lowest BCUT2D eigenvalue weighted by molar-refractivity contribution is -0.111. The first-order valence-electron chi connectivity index (χ1n) is 6.89. The zero-order valence-corrected chi connectivity index (χ0v) is 13.4. The van der Waals surface area contributed by atoms with Crippen molar-refractivity contribution >= 4 is 17.5 Å². The summed E-state index contributed by atoms with van der Waals surface area (Å²) in [6.45, 7) is 3.40.